The van der Waals surface area contributed by atoms with Gasteiger partial charge in [0.1, 0.15) is 0 Å². The largest absolute Gasteiger partial charge is 0.204 e. The van der Waals surface area contributed by atoms with Crippen LogP contribution in [0.2, 0.25) is 0 Å². The van der Waals surface area contributed by atoms with Crippen molar-refractivity contribution < 1.29 is 0 Å². The molecule has 0 atom stereocenters. The summed E-state index contributed by atoms with van der Waals surface area (Å²) in [4.78, 5) is 0. The first-order valence-corrected chi connectivity index (χ1v) is 4.89. The van der Waals surface area contributed by atoms with E-state index in [2.05, 4.69) is 17.2 Å². The van der Waals surface area contributed by atoms with Crippen molar-refractivity contribution in [2.75, 3.05) is 0 Å². The summed E-state index contributed by atoms with van der Waals surface area (Å²) in [6.45, 7) is 0. The van der Waals surface area contributed by atoms with Crippen LogP contribution in [0.4, 0.5) is 5.69 Å². The van der Waals surface area contributed by atoms with E-state index in [1.54, 1.807) is 0 Å². The molecule has 2 nitrogen and oxygen atoms in total. The lowest BCUT2D eigenvalue weighted by Crippen LogP contribution is -1.86. The van der Waals surface area contributed by atoms with Crippen LogP contribution in [0.1, 0.15) is 11.1 Å². The zero-order chi connectivity index (χ0) is 10.5. The number of benzene rings is 2. The third-order valence-corrected chi connectivity index (χ3v) is 2.32. The average Bonchev–Trinajstić information content (AvgIpc) is 2.31. The van der Waals surface area contributed by atoms with Gasteiger partial charge >= 0.3 is 0 Å². The highest BCUT2D eigenvalue weighted by atomic mass is 14.9. The predicted octanol–water partition coefficient (Wildman–Crippen LogP) is 3.94. The third-order valence-electron chi connectivity index (χ3n) is 2.32. The van der Waals surface area contributed by atoms with E-state index in [0.29, 0.717) is 5.69 Å². The number of rotatable bonds is 3. The summed E-state index contributed by atoms with van der Waals surface area (Å²) >= 11 is 0. The van der Waals surface area contributed by atoms with Crippen LogP contribution in [0.25, 0.3) is 0 Å². The first-order chi connectivity index (χ1) is 7.38. The normalized spacial score (nSPS) is 9.87. The minimum Gasteiger partial charge on any atom is -0.204 e. The summed E-state index contributed by atoms with van der Waals surface area (Å²) in [5, 5.41) is 3.37. The first kappa shape index (κ1) is 9.59. The fraction of sp³-hybridized carbons (Fsp3) is 0.0769. The smallest absolute Gasteiger partial charge is 0.0850 e. The van der Waals surface area contributed by atoms with Crippen LogP contribution in [-0.2, 0) is 6.42 Å². The van der Waals surface area contributed by atoms with E-state index >= 15 is 0 Å². The molecule has 0 unspecified atom stereocenters. The van der Waals surface area contributed by atoms with Gasteiger partial charge in [0.2, 0.25) is 0 Å². The molecular weight excluding hydrogens is 184 g/mol. The standard InChI is InChI=1S/C13H12N2/c14-15-13-8-6-12(7-9-13)10-11-4-2-1-3-5-11/h1-9,14H,10H2. The van der Waals surface area contributed by atoms with E-state index in [9.17, 15) is 0 Å². The molecule has 15 heavy (non-hydrogen) atoms. The van der Waals surface area contributed by atoms with Gasteiger partial charge in [-0.25, -0.2) is 5.53 Å². The highest BCUT2D eigenvalue weighted by Crippen LogP contribution is 2.15. The van der Waals surface area contributed by atoms with Gasteiger partial charge in [-0.15, -0.1) is 0 Å². The zero-order valence-corrected chi connectivity index (χ0v) is 8.35. The van der Waals surface area contributed by atoms with Crippen molar-refractivity contribution in [2.24, 2.45) is 5.11 Å². The van der Waals surface area contributed by atoms with Crippen LogP contribution in [0.3, 0.4) is 0 Å². The summed E-state index contributed by atoms with van der Waals surface area (Å²) in [6, 6.07) is 18.1. The second-order valence-corrected chi connectivity index (χ2v) is 3.44. The zero-order valence-electron chi connectivity index (χ0n) is 8.35. The van der Waals surface area contributed by atoms with Crippen molar-refractivity contribution >= 4 is 5.69 Å². The van der Waals surface area contributed by atoms with Gasteiger partial charge in [-0.05, 0) is 29.7 Å². The molecule has 0 bridgehead atoms. The Bertz CT molecular complexity index is 432. The Hall–Kier alpha value is -1.96. The van der Waals surface area contributed by atoms with E-state index in [1.165, 1.54) is 11.1 Å². The molecule has 1 N–H and O–H groups in total. The van der Waals surface area contributed by atoms with Crippen LogP contribution in [-0.4, -0.2) is 0 Å². The molecule has 0 saturated heterocycles. The van der Waals surface area contributed by atoms with Crippen molar-refractivity contribution in [3.63, 3.8) is 0 Å². The first-order valence-electron chi connectivity index (χ1n) is 4.89. The van der Waals surface area contributed by atoms with Crippen LogP contribution >= 0.6 is 0 Å². The van der Waals surface area contributed by atoms with Gasteiger partial charge in [0.05, 0.1) is 5.69 Å². The van der Waals surface area contributed by atoms with Gasteiger partial charge in [-0.1, -0.05) is 42.5 Å². The van der Waals surface area contributed by atoms with E-state index in [-0.39, 0.29) is 0 Å². The molecule has 0 radical (unpaired) electrons. The lowest BCUT2D eigenvalue weighted by atomic mass is 10.1. The maximum absolute atomic E-state index is 6.86. The van der Waals surface area contributed by atoms with Crippen molar-refractivity contribution in [1.82, 2.24) is 0 Å². The third kappa shape index (κ3) is 2.50. The minimum atomic E-state index is 0.701. The molecule has 74 valence electrons. The number of nitrogens with one attached hydrogen (secondary N) is 1. The van der Waals surface area contributed by atoms with Crippen LogP contribution in [0, 0.1) is 5.53 Å². The summed E-state index contributed by atoms with van der Waals surface area (Å²) in [7, 11) is 0. The molecule has 2 rings (SSSR count). The van der Waals surface area contributed by atoms with Crippen molar-refractivity contribution in [3.05, 3.63) is 65.7 Å². The lowest BCUT2D eigenvalue weighted by Gasteiger charge is -2.01. The number of nitrogens with zero attached hydrogens (tertiary/aromatic N) is 1. The Morgan fingerprint density at radius 3 is 2.00 bits per heavy atom. The van der Waals surface area contributed by atoms with Crippen LogP contribution < -0.4 is 0 Å². The Labute approximate surface area is 89.1 Å². The van der Waals surface area contributed by atoms with Gasteiger partial charge in [0.25, 0.3) is 0 Å². The average molecular weight is 196 g/mol. The van der Waals surface area contributed by atoms with Gasteiger partial charge in [-0.2, -0.15) is 5.11 Å². The number of hydrogen-bond acceptors (Lipinski definition) is 2. The quantitative estimate of drug-likeness (QED) is 0.722. The van der Waals surface area contributed by atoms with Gasteiger partial charge in [-0.3, -0.25) is 0 Å². The Kier molecular flexibility index (Phi) is 2.88. The van der Waals surface area contributed by atoms with Gasteiger partial charge in [0, 0.05) is 0 Å². The van der Waals surface area contributed by atoms with Crippen molar-refractivity contribution in [3.8, 4) is 0 Å². The highest BCUT2D eigenvalue weighted by Gasteiger charge is 1.95. The van der Waals surface area contributed by atoms with Crippen molar-refractivity contribution in [1.29, 1.82) is 5.53 Å². The maximum Gasteiger partial charge on any atom is 0.0850 e. The molecule has 0 aromatic heterocycles. The summed E-state index contributed by atoms with van der Waals surface area (Å²) in [6.07, 6.45) is 0.930. The monoisotopic (exact) mass is 196 g/mol. The molecule has 0 aliphatic heterocycles. The van der Waals surface area contributed by atoms with E-state index in [4.69, 9.17) is 5.53 Å². The van der Waals surface area contributed by atoms with Crippen LogP contribution in [0.5, 0.6) is 0 Å². The van der Waals surface area contributed by atoms with Gasteiger partial charge in [0.15, 0.2) is 0 Å². The molecule has 2 heteroatoms. The lowest BCUT2D eigenvalue weighted by molar-refractivity contribution is 1.13. The molecule has 0 amide bonds. The summed E-state index contributed by atoms with van der Waals surface area (Å²) in [5.41, 5.74) is 10.1. The second kappa shape index (κ2) is 4.51. The predicted molar refractivity (Wildman–Crippen MR) is 60.5 cm³/mol. The molecule has 0 aliphatic carbocycles. The van der Waals surface area contributed by atoms with Crippen LogP contribution in [0.15, 0.2) is 59.7 Å². The minimum absolute atomic E-state index is 0.701. The molecule has 0 saturated carbocycles. The van der Waals surface area contributed by atoms with E-state index < -0.39 is 0 Å². The summed E-state index contributed by atoms with van der Waals surface area (Å²) < 4.78 is 0. The molecule has 0 aliphatic rings. The molecule has 2 aromatic carbocycles. The SMILES string of the molecule is N=Nc1ccc(Cc2ccccc2)cc1. The molecule has 0 fully saturated rings. The highest BCUT2D eigenvalue weighted by molar-refractivity contribution is 5.39. The fourth-order valence-corrected chi connectivity index (χ4v) is 1.52. The fourth-order valence-electron chi connectivity index (χ4n) is 1.52. The van der Waals surface area contributed by atoms with Gasteiger partial charge < -0.3 is 0 Å². The molecule has 2 aromatic rings. The Morgan fingerprint density at radius 1 is 0.800 bits per heavy atom. The van der Waals surface area contributed by atoms with Crippen molar-refractivity contribution in [2.45, 2.75) is 6.42 Å². The number of hydrogen-bond donors (Lipinski definition) is 1. The van der Waals surface area contributed by atoms with E-state index in [0.717, 1.165) is 6.42 Å². The van der Waals surface area contributed by atoms with E-state index in [1.807, 2.05) is 42.5 Å². The topological polar surface area (TPSA) is 36.2 Å². The second-order valence-electron chi connectivity index (χ2n) is 3.44. The summed E-state index contributed by atoms with van der Waals surface area (Å²) in [5.74, 6) is 0. The molecule has 0 heterocycles. The Morgan fingerprint density at radius 2 is 1.40 bits per heavy atom. The maximum atomic E-state index is 6.86. The Balaban J connectivity index is 2.15. The molecule has 0 spiro atoms. The molecular formula is C13H12N2.